The maximum Gasteiger partial charge on any atom is 0.143 e. The second kappa shape index (κ2) is 7.07. The van der Waals surface area contributed by atoms with Crippen molar-refractivity contribution in [3.8, 4) is 5.75 Å². The van der Waals surface area contributed by atoms with Crippen LogP contribution in [0, 0.1) is 13.8 Å². The second-order valence-electron chi connectivity index (χ2n) is 4.55. The summed E-state index contributed by atoms with van der Waals surface area (Å²) in [4.78, 5) is 5.71. The molecule has 1 N–H and O–H groups in total. The molecule has 0 aliphatic heterocycles. The highest BCUT2D eigenvalue weighted by molar-refractivity contribution is 7.11. The Labute approximate surface area is 129 Å². The molecular formula is C15H19ClN2OS. The molecule has 0 saturated carbocycles. The summed E-state index contributed by atoms with van der Waals surface area (Å²) >= 11 is 7.91. The van der Waals surface area contributed by atoms with Gasteiger partial charge in [-0.15, -0.1) is 11.3 Å². The summed E-state index contributed by atoms with van der Waals surface area (Å²) in [5, 5.41) is 4.92. The molecule has 0 radical (unpaired) electrons. The van der Waals surface area contributed by atoms with Gasteiger partial charge in [0.05, 0.1) is 10.7 Å². The Bertz CT molecular complexity index is 564. The van der Waals surface area contributed by atoms with E-state index in [-0.39, 0.29) is 0 Å². The lowest BCUT2D eigenvalue weighted by atomic mass is 10.2. The van der Waals surface area contributed by atoms with Crippen LogP contribution in [0.5, 0.6) is 5.75 Å². The van der Waals surface area contributed by atoms with Gasteiger partial charge < -0.3 is 10.1 Å². The molecular weight excluding hydrogens is 292 g/mol. The Morgan fingerprint density at radius 1 is 1.35 bits per heavy atom. The zero-order chi connectivity index (χ0) is 14.5. The van der Waals surface area contributed by atoms with Crippen LogP contribution in [-0.2, 0) is 13.2 Å². The van der Waals surface area contributed by atoms with Gasteiger partial charge in [-0.25, -0.2) is 4.98 Å². The van der Waals surface area contributed by atoms with Crippen molar-refractivity contribution in [2.45, 2.75) is 33.9 Å². The maximum atomic E-state index is 6.24. The Balaban J connectivity index is 2.11. The van der Waals surface area contributed by atoms with Crippen molar-refractivity contribution in [1.29, 1.82) is 0 Å². The van der Waals surface area contributed by atoms with Crippen molar-refractivity contribution < 1.29 is 4.74 Å². The van der Waals surface area contributed by atoms with E-state index >= 15 is 0 Å². The Morgan fingerprint density at radius 2 is 2.15 bits per heavy atom. The average Bonchev–Trinajstić information content (AvgIpc) is 2.74. The molecule has 0 aliphatic rings. The topological polar surface area (TPSA) is 34.1 Å². The zero-order valence-electron chi connectivity index (χ0n) is 12.0. The van der Waals surface area contributed by atoms with Crippen LogP contribution in [0.2, 0.25) is 5.02 Å². The molecule has 0 aliphatic carbocycles. The van der Waals surface area contributed by atoms with E-state index in [1.54, 1.807) is 11.3 Å². The first-order chi connectivity index (χ1) is 9.61. The molecule has 20 heavy (non-hydrogen) atoms. The van der Waals surface area contributed by atoms with Crippen molar-refractivity contribution in [3.63, 3.8) is 0 Å². The standard InChI is InChI=1S/C15H19ClN2OS/c1-4-17-8-12-6-5-7-13(16)15(12)19-9-14-18-10(2)11(3)20-14/h5-7,17H,4,8-9H2,1-3H3. The summed E-state index contributed by atoms with van der Waals surface area (Å²) in [6, 6.07) is 5.83. The van der Waals surface area contributed by atoms with E-state index in [2.05, 4.69) is 24.1 Å². The molecule has 0 saturated heterocycles. The number of aromatic nitrogens is 1. The molecule has 1 aromatic carbocycles. The third-order valence-corrected chi connectivity index (χ3v) is 4.37. The average molecular weight is 311 g/mol. The van der Waals surface area contributed by atoms with Gasteiger partial charge in [-0.05, 0) is 26.5 Å². The highest BCUT2D eigenvalue weighted by atomic mass is 35.5. The van der Waals surface area contributed by atoms with Gasteiger partial charge in [-0.1, -0.05) is 30.7 Å². The first kappa shape index (κ1) is 15.3. The van der Waals surface area contributed by atoms with Gasteiger partial charge in [0, 0.05) is 17.0 Å². The fourth-order valence-corrected chi connectivity index (χ4v) is 2.94. The number of benzene rings is 1. The summed E-state index contributed by atoms with van der Waals surface area (Å²) < 4.78 is 5.90. The van der Waals surface area contributed by atoms with Crippen molar-refractivity contribution in [2.24, 2.45) is 0 Å². The van der Waals surface area contributed by atoms with E-state index in [1.165, 1.54) is 4.88 Å². The van der Waals surface area contributed by atoms with Gasteiger partial charge in [-0.3, -0.25) is 0 Å². The van der Waals surface area contributed by atoms with Crippen molar-refractivity contribution in [1.82, 2.24) is 10.3 Å². The van der Waals surface area contributed by atoms with E-state index in [0.29, 0.717) is 11.6 Å². The van der Waals surface area contributed by atoms with Crippen molar-refractivity contribution in [3.05, 3.63) is 44.4 Å². The second-order valence-corrected chi connectivity index (χ2v) is 6.24. The minimum absolute atomic E-state index is 0.461. The van der Waals surface area contributed by atoms with E-state index in [4.69, 9.17) is 16.3 Å². The molecule has 108 valence electrons. The highest BCUT2D eigenvalue weighted by Gasteiger charge is 2.10. The number of nitrogens with one attached hydrogen (secondary N) is 1. The van der Waals surface area contributed by atoms with Crippen LogP contribution in [0.3, 0.4) is 0 Å². The molecule has 3 nitrogen and oxygen atoms in total. The number of thiazole rings is 1. The quantitative estimate of drug-likeness (QED) is 0.872. The summed E-state index contributed by atoms with van der Waals surface area (Å²) in [7, 11) is 0. The number of hydrogen-bond acceptors (Lipinski definition) is 4. The van der Waals surface area contributed by atoms with Gasteiger partial charge in [-0.2, -0.15) is 0 Å². The molecule has 2 rings (SSSR count). The van der Waals surface area contributed by atoms with Crippen LogP contribution >= 0.6 is 22.9 Å². The minimum atomic E-state index is 0.461. The van der Waals surface area contributed by atoms with Gasteiger partial charge in [0.25, 0.3) is 0 Å². The number of ether oxygens (including phenoxy) is 1. The molecule has 1 aromatic heterocycles. The smallest absolute Gasteiger partial charge is 0.143 e. The van der Waals surface area contributed by atoms with Gasteiger partial charge in [0.2, 0.25) is 0 Å². The monoisotopic (exact) mass is 310 g/mol. The Kier molecular flexibility index (Phi) is 5.40. The predicted molar refractivity (Wildman–Crippen MR) is 84.8 cm³/mol. The minimum Gasteiger partial charge on any atom is -0.485 e. The van der Waals surface area contributed by atoms with Crippen LogP contribution in [0.15, 0.2) is 18.2 Å². The number of halogens is 1. The summed E-state index contributed by atoms with van der Waals surface area (Å²) in [5.41, 5.74) is 2.14. The van der Waals surface area contributed by atoms with E-state index < -0.39 is 0 Å². The van der Waals surface area contributed by atoms with Gasteiger partial charge >= 0.3 is 0 Å². The maximum absolute atomic E-state index is 6.24. The number of hydrogen-bond donors (Lipinski definition) is 1. The molecule has 5 heteroatoms. The Hall–Kier alpha value is -1.10. The lowest BCUT2D eigenvalue weighted by Gasteiger charge is -2.12. The largest absolute Gasteiger partial charge is 0.485 e. The van der Waals surface area contributed by atoms with Gasteiger partial charge in [0.1, 0.15) is 17.4 Å². The van der Waals surface area contributed by atoms with Crippen LogP contribution in [0.1, 0.15) is 28.1 Å². The first-order valence-electron chi connectivity index (χ1n) is 6.65. The fourth-order valence-electron chi connectivity index (χ4n) is 1.85. The number of aryl methyl sites for hydroxylation is 2. The Morgan fingerprint density at radius 3 is 2.80 bits per heavy atom. The van der Waals surface area contributed by atoms with E-state index in [0.717, 1.165) is 35.1 Å². The number of para-hydroxylation sites is 1. The highest BCUT2D eigenvalue weighted by Crippen LogP contribution is 2.30. The van der Waals surface area contributed by atoms with Crippen LogP contribution in [0.4, 0.5) is 0 Å². The van der Waals surface area contributed by atoms with Crippen molar-refractivity contribution >= 4 is 22.9 Å². The first-order valence-corrected chi connectivity index (χ1v) is 7.85. The third-order valence-electron chi connectivity index (χ3n) is 3.03. The van der Waals surface area contributed by atoms with Crippen molar-refractivity contribution in [2.75, 3.05) is 6.54 Å². The van der Waals surface area contributed by atoms with Crippen LogP contribution < -0.4 is 10.1 Å². The lowest BCUT2D eigenvalue weighted by Crippen LogP contribution is -2.13. The summed E-state index contributed by atoms with van der Waals surface area (Å²) in [6.07, 6.45) is 0. The molecule has 0 unspecified atom stereocenters. The van der Waals surface area contributed by atoms with E-state index in [9.17, 15) is 0 Å². The number of nitrogens with zero attached hydrogens (tertiary/aromatic N) is 1. The molecule has 0 amide bonds. The number of rotatable bonds is 6. The van der Waals surface area contributed by atoms with Crippen LogP contribution in [-0.4, -0.2) is 11.5 Å². The lowest BCUT2D eigenvalue weighted by molar-refractivity contribution is 0.301. The molecule has 0 bridgehead atoms. The summed E-state index contributed by atoms with van der Waals surface area (Å²) in [5.74, 6) is 0.751. The molecule has 0 spiro atoms. The third kappa shape index (κ3) is 3.72. The predicted octanol–water partition coefficient (Wildman–Crippen LogP) is 4.10. The molecule has 1 heterocycles. The van der Waals surface area contributed by atoms with Crippen LogP contribution in [0.25, 0.3) is 0 Å². The SMILES string of the molecule is CCNCc1cccc(Cl)c1OCc1nc(C)c(C)s1. The fraction of sp³-hybridized carbons (Fsp3) is 0.400. The normalized spacial score (nSPS) is 10.8. The zero-order valence-corrected chi connectivity index (χ0v) is 13.6. The molecule has 2 aromatic rings. The summed E-state index contributed by atoms with van der Waals surface area (Å²) in [6.45, 7) is 8.29. The molecule has 0 fully saturated rings. The van der Waals surface area contributed by atoms with Gasteiger partial charge in [0.15, 0.2) is 0 Å². The van der Waals surface area contributed by atoms with E-state index in [1.807, 2.05) is 25.1 Å². The molecule has 0 atom stereocenters.